The van der Waals surface area contributed by atoms with Crippen LogP contribution >= 0.6 is 0 Å². The number of hydrazine groups is 1. The molecule has 1 atom stereocenters. The molecule has 0 bridgehead atoms. The summed E-state index contributed by atoms with van der Waals surface area (Å²) in [5.74, 6) is 6.61. The Hall–Kier alpha value is -0.120. The van der Waals surface area contributed by atoms with Gasteiger partial charge >= 0.3 is 0 Å². The van der Waals surface area contributed by atoms with Gasteiger partial charge in [0.2, 0.25) is 0 Å². The zero-order valence-corrected chi connectivity index (χ0v) is 12.1. The van der Waals surface area contributed by atoms with E-state index in [1.54, 1.807) is 0 Å². The Morgan fingerprint density at radius 2 is 1.76 bits per heavy atom. The van der Waals surface area contributed by atoms with Crippen LogP contribution in [0.15, 0.2) is 0 Å². The van der Waals surface area contributed by atoms with Crippen LogP contribution in [0.3, 0.4) is 0 Å². The van der Waals surface area contributed by atoms with Gasteiger partial charge in [0, 0.05) is 11.6 Å². The lowest BCUT2D eigenvalue weighted by atomic mass is 9.83. The van der Waals surface area contributed by atoms with Crippen molar-refractivity contribution in [2.45, 2.75) is 70.4 Å². The van der Waals surface area contributed by atoms with Crippen molar-refractivity contribution in [2.24, 2.45) is 11.8 Å². The molecule has 1 aliphatic carbocycles. The summed E-state index contributed by atoms with van der Waals surface area (Å²) in [6.45, 7) is 4.59. The second-order valence-corrected chi connectivity index (χ2v) is 6.25. The molecule has 0 aromatic rings. The fraction of sp³-hybridized carbons (Fsp3) is 1.00. The number of hydrogen-bond acceptors (Lipinski definition) is 3. The summed E-state index contributed by atoms with van der Waals surface area (Å²) in [4.78, 5) is 2.40. The molecule has 0 radical (unpaired) electrons. The van der Waals surface area contributed by atoms with Crippen molar-refractivity contribution in [3.63, 3.8) is 0 Å². The van der Waals surface area contributed by atoms with Gasteiger partial charge in [-0.2, -0.15) is 0 Å². The van der Waals surface area contributed by atoms with Gasteiger partial charge in [0.1, 0.15) is 0 Å². The van der Waals surface area contributed by atoms with Crippen molar-refractivity contribution < 1.29 is 0 Å². The van der Waals surface area contributed by atoms with Crippen molar-refractivity contribution in [1.82, 2.24) is 10.3 Å². The third kappa shape index (κ3) is 3.67. The van der Waals surface area contributed by atoms with Gasteiger partial charge in [0.25, 0.3) is 0 Å². The predicted molar refractivity (Wildman–Crippen MR) is 74.7 cm³/mol. The first-order chi connectivity index (χ1) is 8.03. The average molecular weight is 241 g/mol. The lowest BCUT2D eigenvalue weighted by molar-refractivity contribution is 0.0980. The number of likely N-dealkylation sites (N-methyl/N-ethyl adjacent to an activating group) is 1. The third-order valence-electron chi connectivity index (χ3n) is 4.48. The van der Waals surface area contributed by atoms with Gasteiger partial charge in [-0.05, 0) is 39.3 Å². The minimum Gasteiger partial charge on any atom is -0.302 e. The molecule has 3 heteroatoms. The summed E-state index contributed by atoms with van der Waals surface area (Å²) < 4.78 is 0. The lowest BCUT2D eigenvalue weighted by Gasteiger charge is -2.43. The standard InChI is InChI=1S/C14H31N3/c1-12(2)8-7-9-13(16-15)14(17(3)4)10-5-6-11-14/h12-13,16H,5-11,15H2,1-4H3. The highest BCUT2D eigenvalue weighted by Crippen LogP contribution is 2.38. The van der Waals surface area contributed by atoms with Gasteiger partial charge in [0.05, 0.1) is 0 Å². The monoisotopic (exact) mass is 241 g/mol. The Labute approximate surface area is 107 Å². The van der Waals surface area contributed by atoms with E-state index in [0.29, 0.717) is 11.6 Å². The molecule has 0 spiro atoms. The van der Waals surface area contributed by atoms with Gasteiger partial charge in [-0.1, -0.05) is 39.5 Å². The summed E-state index contributed by atoms with van der Waals surface area (Å²) in [6.07, 6.45) is 9.06. The second-order valence-electron chi connectivity index (χ2n) is 6.25. The topological polar surface area (TPSA) is 41.3 Å². The molecular weight excluding hydrogens is 210 g/mol. The van der Waals surface area contributed by atoms with Crippen molar-refractivity contribution in [2.75, 3.05) is 14.1 Å². The number of rotatable bonds is 7. The number of nitrogens with two attached hydrogens (primary N) is 1. The Balaban J connectivity index is 2.56. The van der Waals surface area contributed by atoms with Crippen LogP contribution in [0.2, 0.25) is 0 Å². The van der Waals surface area contributed by atoms with Crippen LogP contribution in [0.5, 0.6) is 0 Å². The minimum atomic E-state index is 0.297. The quantitative estimate of drug-likeness (QED) is 0.531. The van der Waals surface area contributed by atoms with E-state index in [9.17, 15) is 0 Å². The van der Waals surface area contributed by atoms with Crippen molar-refractivity contribution in [1.29, 1.82) is 0 Å². The largest absolute Gasteiger partial charge is 0.302 e. The molecule has 1 saturated carbocycles. The first kappa shape index (κ1) is 14.9. The van der Waals surface area contributed by atoms with Crippen LogP contribution in [-0.4, -0.2) is 30.6 Å². The van der Waals surface area contributed by atoms with E-state index in [2.05, 4.69) is 38.3 Å². The smallest absolute Gasteiger partial charge is 0.0394 e. The Morgan fingerprint density at radius 3 is 2.18 bits per heavy atom. The highest BCUT2D eigenvalue weighted by Gasteiger charge is 2.42. The molecule has 17 heavy (non-hydrogen) atoms. The van der Waals surface area contributed by atoms with E-state index in [1.165, 1.54) is 44.9 Å². The van der Waals surface area contributed by atoms with E-state index in [0.717, 1.165) is 5.92 Å². The van der Waals surface area contributed by atoms with Crippen molar-refractivity contribution in [3.05, 3.63) is 0 Å². The molecule has 0 aromatic heterocycles. The third-order valence-corrected chi connectivity index (χ3v) is 4.48. The van der Waals surface area contributed by atoms with E-state index in [-0.39, 0.29) is 0 Å². The predicted octanol–water partition coefficient (Wildman–Crippen LogP) is 2.52. The molecule has 1 aliphatic rings. The van der Waals surface area contributed by atoms with Gasteiger partial charge in [0.15, 0.2) is 0 Å². The first-order valence-corrected chi connectivity index (χ1v) is 7.16. The number of hydrogen-bond donors (Lipinski definition) is 2. The van der Waals surface area contributed by atoms with Gasteiger partial charge < -0.3 is 4.90 Å². The van der Waals surface area contributed by atoms with Crippen LogP contribution in [0, 0.1) is 5.92 Å². The molecule has 1 fully saturated rings. The van der Waals surface area contributed by atoms with E-state index in [1.807, 2.05) is 0 Å². The zero-order chi connectivity index (χ0) is 12.9. The van der Waals surface area contributed by atoms with Crippen LogP contribution in [0.25, 0.3) is 0 Å². The molecule has 0 aliphatic heterocycles. The summed E-state index contributed by atoms with van der Waals surface area (Å²) in [5, 5.41) is 0. The number of nitrogens with zero attached hydrogens (tertiary/aromatic N) is 1. The maximum absolute atomic E-state index is 5.82. The van der Waals surface area contributed by atoms with Crippen LogP contribution in [-0.2, 0) is 0 Å². The van der Waals surface area contributed by atoms with E-state index in [4.69, 9.17) is 5.84 Å². The Bertz CT molecular complexity index is 208. The maximum atomic E-state index is 5.82. The van der Waals surface area contributed by atoms with Crippen LogP contribution in [0.1, 0.15) is 58.8 Å². The maximum Gasteiger partial charge on any atom is 0.0394 e. The summed E-state index contributed by atoms with van der Waals surface area (Å²) in [6, 6.07) is 0.443. The fourth-order valence-electron chi connectivity index (χ4n) is 3.33. The molecule has 0 aromatic carbocycles. The summed E-state index contributed by atoms with van der Waals surface area (Å²) in [7, 11) is 4.41. The van der Waals surface area contributed by atoms with Gasteiger partial charge in [-0.3, -0.25) is 11.3 Å². The Kier molecular flexibility index (Phi) is 5.90. The molecule has 3 N–H and O–H groups in total. The second kappa shape index (κ2) is 6.72. The van der Waals surface area contributed by atoms with Crippen LogP contribution in [0.4, 0.5) is 0 Å². The average Bonchev–Trinajstić information content (AvgIpc) is 2.74. The molecule has 1 unspecified atom stereocenters. The SMILES string of the molecule is CC(C)CCCC(NN)C1(N(C)C)CCCC1. The number of nitrogens with one attached hydrogen (secondary N) is 1. The highest BCUT2D eigenvalue weighted by atomic mass is 15.3. The molecule has 0 heterocycles. The molecular formula is C14H31N3. The van der Waals surface area contributed by atoms with Gasteiger partial charge in [-0.25, -0.2) is 0 Å². The lowest BCUT2D eigenvalue weighted by Crippen LogP contribution is -2.59. The van der Waals surface area contributed by atoms with Crippen molar-refractivity contribution in [3.8, 4) is 0 Å². The van der Waals surface area contributed by atoms with Crippen molar-refractivity contribution >= 4 is 0 Å². The minimum absolute atomic E-state index is 0.297. The molecule has 0 saturated heterocycles. The molecule has 3 nitrogen and oxygen atoms in total. The Morgan fingerprint density at radius 1 is 1.18 bits per heavy atom. The van der Waals surface area contributed by atoms with Crippen LogP contribution < -0.4 is 11.3 Å². The first-order valence-electron chi connectivity index (χ1n) is 7.16. The zero-order valence-electron chi connectivity index (χ0n) is 12.1. The summed E-state index contributed by atoms with van der Waals surface area (Å²) >= 11 is 0. The molecule has 1 rings (SSSR count). The summed E-state index contributed by atoms with van der Waals surface area (Å²) in [5.41, 5.74) is 3.40. The van der Waals surface area contributed by atoms with Gasteiger partial charge in [-0.15, -0.1) is 0 Å². The molecule has 102 valence electrons. The normalized spacial score (nSPS) is 21.4. The molecule has 0 amide bonds. The van der Waals surface area contributed by atoms with E-state index < -0.39 is 0 Å². The fourth-order valence-corrected chi connectivity index (χ4v) is 3.33. The highest BCUT2D eigenvalue weighted by molar-refractivity contribution is 5.01. The van der Waals surface area contributed by atoms with E-state index >= 15 is 0 Å².